The standard InChI is InChI=1S/C17H31N3/c1-4-5-6-9-12-20-16(14-18-19-20)11-8-7-10-15-13-17(15,2)3/h14-15H,4-13H2,1-3H3. The van der Waals surface area contributed by atoms with Crippen LogP contribution in [0.15, 0.2) is 6.20 Å². The van der Waals surface area contributed by atoms with Crippen molar-refractivity contribution in [2.45, 2.75) is 85.1 Å². The topological polar surface area (TPSA) is 30.7 Å². The molecule has 3 nitrogen and oxygen atoms in total. The molecule has 2 rings (SSSR count). The van der Waals surface area contributed by atoms with Gasteiger partial charge in [-0.1, -0.05) is 51.7 Å². The molecule has 0 aromatic carbocycles. The maximum Gasteiger partial charge on any atom is 0.0725 e. The molecule has 0 N–H and O–H groups in total. The van der Waals surface area contributed by atoms with E-state index in [1.165, 1.54) is 57.1 Å². The molecular formula is C17H31N3. The highest BCUT2D eigenvalue weighted by Gasteiger charge is 2.44. The van der Waals surface area contributed by atoms with Gasteiger partial charge in [-0.25, -0.2) is 4.68 Å². The van der Waals surface area contributed by atoms with Crippen LogP contribution in [0.3, 0.4) is 0 Å². The Bertz CT molecular complexity index is 395. The van der Waals surface area contributed by atoms with Crippen LogP contribution < -0.4 is 0 Å². The molecule has 3 heteroatoms. The number of hydrogen-bond donors (Lipinski definition) is 0. The van der Waals surface area contributed by atoms with Crippen molar-refractivity contribution in [3.63, 3.8) is 0 Å². The van der Waals surface area contributed by atoms with Crippen LogP contribution in [0.5, 0.6) is 0 Å². The number of aryl methyl sites for hydroxylation is 2. The number of nitrogens with zero attached hydrogens (tertiary/aromatic N) is 3. The second-order valence-electron chi connectivity index (χ2n) is 7.14. The minimum absolute atomic E-state index is 0.641. The van der Waals surface area contributed by atoms with Gasteiger partial charge in [-0.3, -0.25) is 0 Å². The van der Waals surface area contributed by atoms with Gasteiger partial charge in [-0.15, -0.1) is 5.10 Å². The smallest absolute Gasteiger partial charge is 0.0725 e. The van der Waals surface area contributed by atoms with Gasteiger partial charge in [0.2, 0.25) is 0 Å². The molecule has 20 heavy (non-hydrogen) atoms. The van der Waals surface area contributed by atoms with Crippen molar-refractivity contribution in [3.8, 4) is 0 Å². The fourth-order valence-electron chi connectivity index (χ4n) is 3.11. The SMILES string of the molecule is CCCCCCn1nncc1CCCCC1CC1(C)C. The van der Waals surface area contributed by atoms with Crippen molar-refractivity contribution in [2.24, 2.45) is 11.3 Å². The molecule has 0 spiro atoms. The van der Waals surface area contributed by atoms with Crippen molar-refractivity contribution in [1.29, 1.82) is 0 Å². The second kappa shape index (κ2) is 7.24. The minimum Gasteiger partial charge on any atom is -0.249 e. The molecule has 0 radical (unpaired) electrons. The van der Waals surface area contributed by atoms with E-state index in [0.29, 0.717) is 5.41 Å². The number of unbranched alkanes of at least 4 members (excludes halogenated alkanes) is 4. The summed E-state index contributed by atoms with van der Waals surface area (Å²) in [5.74, 6) is 0.986. The van der Waals surface area contributed by atoms with E-state index in [9.17, 15) is 0 Å². The van der Waals surface area contributed by atoms with Crippen molar-refractivity contribution in [1.82, 2.24) is 15.0 Å². The Kier molecular flexibility index (Phi) is 5.62. The van der Waals surface area contributed by atoms with Crippen LogP contribution >= 0.6 is 0 Å². The van der Waals surface area contributed by atoms with Crippen LogP contribution in [0.2, 0.25) is 0 Å². The first-order valence-corrected chi connectivity index (χ1v) is 8.51. The third-order valence-electron chi connectivity index (χ3n) is 4.87. The van der Waals surface area contributed by atoms with Gasteiger partial charge in [0.25, 0.3) is 0 Å². The van der Waals surface area contributed by atoms with E-state index < -0.39 is 0 Å². The summed E-state index contributed by atoms with van der Waals surface area (Å²) >= 11 is 0. The normalized spacial score (nSPS) is 20.2. The molecule has 0 aliphatic heterocycles. The molecule has 114 valence electrons. The average molecular weight is 277 g/mol. The zero-order valence-corrected chi connectivity index (χ0v) is 13.6. The van der Waals surface area contributed by atoms with E-state index in [2.05, 4.69) is 35.8 Å². The molecule has 1 heterocycles. The Hall–Kier alpha value is -0.860. The van der Waals surface area contributed by atoms with Gasteiger partial charge in [-0.2, -0.15) is 0 Å². The highest BCUT2D eigenvalue weighted by Crippen LogP contribution is 2.54. The Labute approximate surface area is 124 Å². The van der Waals surface area contributed by atoms with Crippen LogP contribution in [0, 0.1) is 11.3 Å². The summed E-state index contributed by atoms with van der Waals surface area (Å²) in [4.78, 5) is 0. The molecule has 0 saturated heterocycles. The van der Waals surface area contributed by atoms with E-state index >= 15 is 0 Å². The Morgan fingerprint density at radius 3 is 2.70 bits per heavy atom. The van der Waals surface area contributed by atoms with Crippen LogP contribution in [0.4, 0.5) is 0 Å². The molecule has 1 aromatic heterocycles. The zero-order valence-electron chi connectivity index (χ0n) is 13.6. The Balaban J connectivity index is 1.61. The molecule has 1 aliphatic rings. The van der Waals surface area contributed by atoms with Gasteiger partial charge in [0.15, 0.2) is 0 Å². The Morgan fingerprint density at radius 1 is 1.20 bits per heavy atom. The van der Waals surface area contributed by atoms with Crippen molar-refractivity contribution in [2.75, 3.05) is 0 Å². The fourth-order valence-corrected chi connectivity index (χ4v) is 3.11. The van der Waals surface area contributed by atoms with Gasteiger partial charge >= 0.3 is 0 Å². The third-order valence-corrected chi connectivity index (χ3v) is 4.87. The van der Waals surface area contributed by atoms with E-state index in [1.54, 1.807) is 0 Å². The summed E-state index contributed by atoms with van der Waals surface area (Å²) < 4.78 is 2.12. The molecular weight excluding hydrogens is 246 g/mol. The predicted octanol–water partition coefficient (Wildman–Crippen LogP) is 4.62. The summed E-state index contributed by atoms with van der Waals surface area (Å²) in [6.45, 7) is 8.09. The summed E-state index contributed by atoms with van der Waals surface area (Å²) in [6.07, 6.45) is 13.8. The average Bonchev–Trinajstić information content (AvgIpc) is 2.83. The lowest BCUT2D eigenvalue weighted by Crippen LogP contribution is -2.05. The maximum atomic E-state index is 4.23. The first kappa shape index (κ1) is 15.5. The second-order valence-corrected chi connectivity index (χ2v) is 7.14. The molecule has 1 fully saturated rings. The number of hydrogen-bond acceptors (Lipinski definition) is 2. The van der Waals surface area contributed by atoms with E-state index in [1.807, 2.05) is 6.20 Å². The highest BCUT2D eigenvalue weighted by molar-refractivity contribution is 4.96. The van der Waals surface area contributed by atoms with Crippen LogP contribution in [0.25, 0.3) is 0 Å². The van der Waals surface area contributed by atoms with Gasteiger partial charge in [0.05, 0.1) is 11.9 Å². The summed E-state index contributed by atoms with van der Waals surface area (Å²) in [5, 5.41) is 8.31. The molecule has 0 bridgehead atoms. The lowest BCUT2D eigenvalue weighted by atomic mass is 10.0. The molecule has 1 unspecified atom stereocenters. The quantitative estimate of drug-likeness (QED) is 0.584. The number of aromatic nitrogens is 3. The minimum atomic E-state index is 0.641. The van der Waals surface area contributed by atoms with E-state index in [0.717, 1.165) is 18.9 Å². The number of rotatable bonds is 10. The fraction of sp³-hybridized carbons (Fsp3) is 0.882. The zero-order chi connectivity index (χ0) is 14.4. The van der Waals surface area contributed by atoms with Crippen molar-refractivity contribution < 1.29 is 0 Å². The Morgan fingerprint density at radius 2 is 2.00 bits per heavy atom. The van der Waals surface area contributed by atoms with E-state index in [-0.39, 0.29) is 0 Å². The lowest BCUT2D eigenvalue weighted by molar-refractivity contribution is 0.491. The van der Waals surface area contributed by atoms with Crippen molar-refractivity contribution >= 4 is 0 Å². The van der Waals surface area contributed by atoms with Gasteiger partial charge in [0, 0.05) is 6.54 Å². The first-order chi connectivity index (χ1) is 9.63. The van der Waals surface area contributed by atoms with Crippen LogP contribution in [-0.2, 0) is 13.0 Å². The molecule has 1 saturated carbocycles. The molecule has 1 aromatic rings. The third kappa shape index (κ3) is 4.60. The molecule has 1 atom stereocenters. The molecule has 1 aliphatic carbocycles. The molecule has 0 amide bonds. The van der Waals surface area contributed by atoms with Crippen LogP contribution in [0.1, 0.15) is 77.8 Å². The predicted molar refractivity (Wildman–Crippen MR) is 83.6 cm³/mol. The van der Waals surface area contributed by atoms with Crippen molar-refractivity contribution in [3.05, 3.63) is 11.9 Å². The highest BCUT2D eigenvalue weighted by atomic mass is 15.4. The largest absolute Gasteiger partial charge is 0.249 e. The van der Waals surface area contributed by atoms with Gasteiger partial charge in [-0.05, 0) is 43.4 Å². The summed E-state index contributed by atoms with van der Waals surface area (Å²) in [7, 11) is 0. The maximum absolute atomic E-state index is 4.23. The van der Waals surface area contributed by atoms with Gasteiger partial charge < -0.3 is 0 Å². The lowest BCUT2D eigenvalue weighted by Gasteiger charge is -2.06. The summed E-state index contributed by atoms with van der Waals surface area (Å²) in [5.41, 5.74) is 1.97. The van der Waals surface area contributed by atoms with Crippen LogP contribution in [-0.4, -0.2) is 15.0 Å². The monoisotopic (exact) mass is 277 g/mol. The van der Waals surface area contributed by atoms with E-state index in [4.69, 9.17) is 0 Å². The summed E-state index contributed by atoms with van der Waals surface area (Å²) in [6, 6.07) is 0. The van der Waals surface area contributed by atoms with Gasteiger partial charge in [0.1, 0.15) is 0 Å². The first-order valence-electron chi connectivity index (χ1n) is 8.51.